The van der Waals surface area contributed by atoms with Crippen LogP contribution in [0.25, 0.3) is 0 Å². The Labute approximate surface area is 124 Å². The van der Waals surface area contributed by atoms with Crippen molar-refractivity contribution < 1.29 is 4.74 Å². The Hall–Kier alpha value is -1.94. The molecule has 2 aromatic rings. The molecule has 0 saturated heterocycles. The molecule has 1 aliphatic heterocycles. The summed E-state index contributed by atoms with van der Waals surface area (Å²) >= 11 is 0. The first kappa shape index (κ1) is 12.8. The molecular formula is C17H19N3O. The fraction of sp³-hybridized carbons (Fsp3) is 0.412. The van der Waals surface area contributed by atoms with Crippen LogP contribution in [0.2, 0.25) is 0 Å². The lowest BCUT2D eigenvalue weighted by molar-refractivity contribution is 0.274. The second-order valence-corrected chi connectivity index (χ2v) is 5.86. The minimum absolute atomic E-state index is 0.102. The normalized spacial score (nSPS) is 23.9. The predicted octanol–water partition coefficient (Wildman–Crippen LogP) is 2.73. The molecule has 2 heterocycles. The molecular weight excluding hydrogens is 262 g/mol. The third-order valence-electron chi connectivity index (χ3n) is 4.52. The Morgan fingerprint density at radius 3 is 3.00 bits per heavy atom. The highest BCUT2D eigenvalue weighted by Gasteiger charge is 2.27. The molecule has 21 heavy (non-hydrogen) atoms. The SMILES string of the molecule is NC1CCCc2nc(C3CCOc4ccccc43)ncc21. The van der Waals surface area contributed by atoms with Crippen molar-refractivity contribution in [2.45, 2.75) is 37.6 Å². The van der Waals surface area contributed by atoms with Crippen molar-refractivity contribution in [3.8, 4) is 5.75 Å². The average Bonchev–Trinajstić information content (AvgIpc) is 2.54. The summed E-state index contributed by atoms with van der Waals surface area (Å²) in [6.45, 7) is 0.724. The first-order valence-electron chi connectivity index (χ1n) is 7.66. The Balaban J connectivity index is 1.75. The average molecular weight is 281 g/mol. The number of aromatic nitrogens is 2. The molecule has 108 valence electrons. The number of para-hydroxylation sites is 1. The lowest BCUT2D eigenvalue weighted by atomic mass is 9.90. The van der Waals surface area contributed by atoms with E-state index >= 15 is 0 Å². The molecule has 2 N–H and O–H groups in total. The van der Waals surface area contributed by atoms with Gasteiger partial charge < -0.3 is 10.5 Å². The second kappa shape index (κ2) is 5.11. The molecule has 0 radical (unpaired) electrons. The number of nitrogens with zero attached hydrogens (tertiary/aromatic N) is 2. The lowest BCUT2D eigenvalue weighted by Crippen LogP contribution is -2.22. The van der Waals surface area contributed by atoms with Crippen molar-refractivity contribution in [2.24, 2.45) is 5.73 Å². The number of nitrogens with two attached hydrogens (primary N) is 1. The Bertz CT molecular complexity index is 671. The van der Waals surface area contributed by atoms with Crippen LogP contribution >= 0.6 is 0 Å². The number of aryl methyl sites for hydroxylation is 1. The van der Waals surface area contributed by atoms with Gasteiger partial charge in [0.05, 0.1) is 12.5 Å². The highest BCUT2D eigenvalue weighted by atomic mass is 16.5. The monoisotopic (exact) mass is 281 g/mol. The molecule has 0 saturated carbocycles. The van der Waals surface area contributed by atoms with Crippen LogP contribution in [0.4, 0.5) is 0 Å². The summed E-state index contributed by atoms with van der Waals surface area (Å²) in [5, 5.41) is 0. The number of ether oxygens (including phenoxy) is 1. The van der Waals surface area contributed by atoms with E-state index in [1.54, 1.807) is 0 Å². The Morgan fingerprint density at radius 1 is 1.14 bits per heavy atom. The molecule has 1 aliphatic carbocycles. The quantitative estimate of drug-likeness (QED) is 0.873. The van der Waals surface area contributed by atoms with Gasteiger partial charge in [-0.2, -0.15) is 0 Å². The van der Waals surface area contributed by atoms with Crippen molar-refractivity contribution >= 4 is 0 Å². The van der Waals surface area contributed by atoms with E-state index in [-0.39, 0.29) is 12.0 Å². The van der Waals surface area contributed by atoms with Gasteiger partial charge in [0.2, 0.25) is 0 Å². The molecule has 2 unspecified atom stereocenters. The van der Waals surface area contributed by atoms with Crippen molar-refractivity contribution in [3.63, 3.8) is 0 Å². The highest BCUT2D eigenvalue weighted by Crippen LogP contribution is 2.37. The van der Waals surface area contributed by atoms with E-state index in [0.717, 1.165) is 55.1 Å². The smallest absolute Gasteiger partial charge is 0.136 e. The molecule has 0 fully saturated rings. The third-order valence-corrected chi connectivity index (χ3v) is 4.52. The zero-order valence-electron chi connectivity index (χ0n) is 12.0. The van der Waals surface area contributed by atoms with Gasteiger partial charge in [0.15, 0.2) is 0 Å². The maximum Gasteiger partial charge on any atom is 0.136 e. The molecule has 1 aromatic carbocycles. The van der Waals surface area contributed by atoms with Gasteiger partial charge in [-0.25, -0.2) is 9.97 Å². The summed E-state index contributed by atoms with van der Waals surface area (Å²) in [5.74, 6) is 2.11. The zero-order chi connectivity index (χ0) is 14.2. The lowest BCUT2D eigenvalue weighted by Gasteiger charge is -2.27. The number of hydrogen-bond donors (Lipinski definition) is 1. The summed E-state index contributed by atoms with van der Waals surface area (Å²) in [5.41, 5.74) is 9.62. The number of hydrogen-bond acceptors (Lipinski definition) is 4. The van der Waals surface area contributed by atoms with Gasteiger partial charge in [-0.15, -0.1) is 0 Å². The largest absolute Gasteiger partial charge is 0.493 e. The van der Waals surface area contributed by atoms with Crippen molar-refractivity contribution in [2.75, 3.05) is 6.61 Å². The van der Waals surface area contributed by atoms with E-state index in [4.69, 9.17) is 15.5 Å². The fourth-order valence-electron chi connectivity index (χ4n) is 3.37. The standard InChI is InChI=1S/C17H19N3O/c18-14-5-3-6-15-13(14)10-19-17(20-15)12-8-9-21-16-7-2-1-4-11(12)16/h1-2,4,7,10,12,14H,3,5-6,8-9,18H2. The molecule has 4 rings (SSSR count). The van der Waals surface area contributed by atoms with Crippen molar-refractivity contribution in [1.82, 2.24) is 9.97 Å². The zero-order valence-corrected chi connectivity index (χ0v) is 12.0. The van der Waals surface area contributed by atoms with Gasteiger partial charge >= 0.3 is 0 Å². The van der Waals surface area contributed by atoms with Gasteiger partial charge in [0, 0.05) is 29.1 Å². The number of rotatable bonds is 1. The van der Waals surface area contributed by atoms with Crippen molar-refractivity contribution in [3.05, 3.63) is 53.1 Å². The van der Waals surface area contributed by atoms with Crippen LogP contribution in [-0.4, -0.2) is 16.6 Å². The summed E-state index contributed by atoms with van der Waals surface area (Å²) in [7, 11) is 0. The van der Waals surface area contributed by atoms with E-state index in [1.165, 1.54) is 5.56 Å². The van der Waals surface area contributed by atoms with Crippen LogP contribution < -0.4 is 10.5 Å². The van der Waals surface area contributed by atoms with Gasteiger partial charge in [-0.3, -0.25) is 0 Å². The molecule has 2 aliphatic rings. The van der Waals surface area contributed by atoms with Crippen LogP contribution in [0.1, 0.15) is 53.9 Å². The molecule has 0 amide bonds. The Kier molecular flexibility index (Phi) is 3.11. The van der Waals surface area contributed by atoms with E-state index in [0.29, 0.717) is 0 Å². The van der Waals surface area contributed by atoms with Crippen molar-refractivity contribution in [1.29, 1.82) is 0 Å². The third kappa shape index (κ3) is 2.20. The molecule has 0 bridgehead atoms. The summed E-state index contributed by atoms with van der Waals surface area (Å²) in [4.78, 5) is 9.46. The van der Waals surface area contributed by atoms with E-state index in [1.807, 2.05) is 18.3 Å². The van der Waals surface area contributed by atoms with Crippen LogP contribution in [-0.2, 0) is 6.42 Å². The van der Waals surface area contributed by atoms with Crippen LogP contribution in [0.5, 0.6) is 5.75 Å². The fourth-order valence-corrected chi connectivity index (χ4v) is 3.37. The summed E-state index contributed by atoms with van der Waals surface area (Å²) in [6, 6.07) is 8.30. The topological polar surface area (TPSA) is 61.0 Å². The van der Waals surface area contributed by atoms with Gasteiger partial charge in [-0.05, 0) is 31.7 Å². The maximum absolute atomic E-state index is 6.15. The molecule has 4 heteroatoms. The highest BCUT2D eigenvalue weighted by molar-refractivity contribution is 5.41. The van der Waals surface area contributed by atoms with E-state index in [2.05, 4.69) is 17.1 Å². The number of fused-ring (bicyclic) bond motifs is 2. The summed E-state index contributed by atoms with van der Waals surface area (Å²) < 4.78 is 5.73. The molecule has 0 spiro atoms. The van der Waals surface area contributed by atoms with E-state index in [9.17, 15) is 0 Å². The minimum Gasteiger partial charge on any atom is -0.493 e. The van der Waals surface area contributed by atoms with Crippen LogP contribution in [0.3, 0.4) is 0 Å². The predicted molar refractivity (Wildman–Crippen MR) is 80.3 cm³/mol. The van der Waals surface area contributed by atoms with Gasteiger partial charge in [0.1, 0.15) is 11.6 Å². The minimum atomic E-state index is 0.102. The summed E-state index contributed by atoms with van der Waals surface area (Å²) in [6.07, 6.45) is 6.05. The van der Waals surface area contributed by atoms with Gasteiger partial charge in [-0.1, -0.05) is 18.2 Å². The van der Waals surface area contributed by atoms with E-state index < -0.39 is 0 Å². The first-order chi connectivity index (χ1) is 10.3. The van der Waals surface area contributed by atoms with Crippen LogP contribution in [0, 0.1) is 0 Å². The first-order valence-corrected chi connectivity index (χ1v) is 7.66. The molecule has 4 nitrogen and oxygen atoms in total. The molecule has 2 atom stereocenters. The maximum atomic E-state index is 6.15. The Morgan fingerprint density at radius 2 is 2.05 bits per heavy atom. The van der Waals surface area contributed by atoms with Gasteiger partial charge in [0.25, 0.3) is 0 Å². The number of benzene rings is 1. The molecule has 1 aromatic heterocycles. The van der Waals surface area contributed by atoms with Crippen LogP contribution in [0.15, 0.2) is 30.5 Å². The second-order valence-electron chi connectivity index (χ2n) is 5.86.